The van der Waals surface area contributed by atoms with Crippen LogP contribution in [0.1, 0.15) is 32.3 Å². The Balaban J connectivity index is 2.08. The lowest BCUT2D eigenvalue weighted by Crippen LogP contribution is -2.53. The number of sulfonamides is 1. The van der Waals surface area contributed by atoms with Crippen molar-refractivity contribution < 1.29 is 18.3 Å². The first-order valence-corrected chi connectivity index (χ1v) is 9.24. The van der Waals surface area contributed by atoms with E-state index in [0.717, 1.165) is 5.56 Å². The molecular formula is C16H24N2O4S. The fraction of sp³-hybridized carbons (Fsp3) is 0.562. The van der Waals surface area contributed by atoms with Crippen molar-refractivity contribution in [1.82, 2.24) is 9.21 Å². The van der Waals surface area contributed by atoms with Gasteiger partial charge in [0.05, 0.1) is 4.90 Å². The van der Waals surface area contributed by atoms with Crippen LogP contribution in [-0.2, 0) is 14.8 Å². The van der Waals surface area contributed by atoms with Crippen LogP contribution in [0.3, 0.4) is 0 Å². The van der Waals surface area contributed by atoms with Gasteiger partial charge >= 0.3 is 5.97 Å². The van der Waals surface area contributed by atoms with Crippen LogP contribution in [0.25, 0.3) is 0 Å². The molecule has 1 aliphatic heterocycles. The third kappa shape index (κ3) is 3.91. The molecule has 0 aromatic heterocycles. The van der Waals surface area contributed by atoms with Crippen molar-refractivity contribution in [1.29, 1.82) is 0 Å². The van der Waals surface area contributed by atoms with Gasteiger partial charge in [0.15, 0.2) is 0 Å². The van der Waals surface area contributed by atoms with E-state index in [1.165, 1.54) is 4.31 Å². The van der Waals surface area contributed by atoms with Gasteiger partial charge in [0, 0.05) is 26.2 Å². The third-order valence-electron chi connectivity index (χ3n) is 4.36. The largest absolute Gasteiger partial charge is 0.480 e. The van der Waals surface area contributed by atoms with Crippen molar-refractivity contribution in [3.05, 3.63) is 29.8 Å². The Hall–Kier alpha value is -1.44. The van der Waals surface area contributed by atoms with E-state index in [9.17, 15) is 13.2 Å². The molecule has 1 saturated heterocycles. The molecule has 1 heterocycles. The number of rotatable bonds is 5. The minimum Gasteiger partial charge on any atom is -0.480 e. The van der Waals surface area contributed by atoms with E-state index in [2.05, 4.69) is 13.8 Å². The molecule has 0 saturated carbocycles. The van der Waals surface area contributed by atoms with Gasteiger partial charge in [-0.05, 0) is 30.5 Å². The first-order chi connectivity index (χ1) is 10.7. The Morgan fingerprint density at radius 1 is 1.04 bits per heavy atom. The molecule has 0 bridgehead atoms. The molecule has 0 spiro atoms. The lowest BCUT2D eigenvalue weighted by Gasteiger charge is -2.35. The van der Waals surface area contributed by atoms with Crippen molar-refractivity contribution >= 4 is 16.0 Å². The van der Waals surface area contributed by atoms with Gasteiger partial charge in [0.1, 0.15) is 6.04 Å². The molecular weight excluding hydrogens is 316 g/mol. The zero-order valence-corrected chi connectivity index (χ0v) is 14.6. The van der Waals surface area contributed by atoms with Gasteiger partial charge < -0.3 is 5.11 Å². The molecule has 2 rings (SSSR count). The Labute approximate surface area is 137 Å². The summed E-state index contributed by atoms with van der Waals surface area (Å²) in [5, 5.41) is 9.04. The van der Waals surface area contributed by atoms with Gasteiger partial charge in [-0.1, -0.05) is 26.0 Å². The molecule has 1 aromatic rings. The van der Waals surface area contributed by atoms with Crippen molar-refractivity contribution in [2.45, 2.75) is 37.6 Å². The van der Waals surface area contributed by atoms with E-state index in [1.807, 2.05) is 12.1 Å². The number of carboxylic acid groups (broad SMARTS) is 1. The summed E-state index contributed by atoms with van der Waals surface area (Å²) in [6.45, 7) is 7.22. The standard InChI is InChI=1S/C16H24N2O4S/c1-12(2)14-4-6-15(7-5-14)23(21,22)18-10-8-17(9-11-18)13(3)16(19)20/h4-7,12-13H,8-11H2,1-3H3,(H,19,20)/t13-/m0/s1. The molecule has 0 radical (unpaired) electrons. The van der Waals surface area contributed by atoms with Crippen LogP contribution in [-0.4, -0.2) is 60.9 Å². The smallest absolute Gasteiger partial charge is 0.320 e. The molecule has 0 amide bonds. The van der Waals surface area contributed by atoms with Crippen LogP contribution >= 0.6 is 0 Å². The summed E-state index contributed by atoms with van der Waals surface area (Å²) in [6.07, 6.45) is 0. The molecule has 0 unspecified atom stereocenters. The van der Waals surface area contributed by atoms with E-state index in [0.29, 0.717) is 37.0 Å². The summed E-state index contributed by atoms with van der Waals surface area (Å²) in [7, 11) is -3.51. The second kappa shape index (κ2) is 6.98. The second-order valence-corrected chi connectivity index (χ2v) is 8.12. The monoisotopic (exact) mass is 340 g/mol. The normalized spacial score (nSPS) is 19.0. The summed E-state index contributed by atoms with van der Waals surface area (Å²) >= 11 is 0. The highest BCUT2D eigenvalue weighted by molar-refractivity contribution is 7.89. The topological polar surface area (TPSA) is 77.9 Å². The molecule has 6 nitrogen and oxygen atoms in total. The number of hydrogen-bond donors (Lipinski definition) is 1. The van der Waals surface area contributed by atoms with E-state index in [1.54, 1.807) is 24.0 Å². The third-order valence-corrected chi connectivity index (χ3v) is 6.28. The summed E-state index contributed by atoms with van der Waals surface area (Å²) in [6, 6.07) is 6.40. The predicted octanol–water partition coefficient (Wildman–Crippen LogP) is 1.59. The Kier molecular flexibility index (Phi) is 5.44. The van der Waals surface area contributed by atoms with Crippen LogP contribution in [0, 0.1) is 0 Å². The number of hydrogen-bond acceptors (Lipinski definition) is 4. The molecule has 23 heavy (non-hydrogen) atoms. The number of carbonyl (C=O) groups is 1. The van der Waals surface area contributed by atoms with Gasteiger partial charge in [-0.2, -0.15) is 4.31 Å². The Morgan fingerprint density at radius 3 is 2.00 bits per heavy atom. The first kappa shape index (κ1) is 17.9. The van der Waals surface area contributed by atoms with E-state index >= 15 is 0 Å². The van der Waals surface area contributed by atoms with Gasteiger partial charge in [-0.15, -0.1) is 0 Å². The zero-order chi connectivity index (χ0) is 17.2. The predicted molar refractivity (Wildman–Crippen MR) is 88.0 cm³/mol. The van der Waals surface area contributed by atoms with Crippen LogP contribution in [0.2, 0.25) is 0 Å². The number of piperazine rings is 1. The number of aliphatic carboxylic acids is 1. The van der Waals surface area contributed by atoms with Crippen LogP contribution in [0.15, 0.2) is 29.2 Å². The zero-order valence-electron chi connectivity index (χ0n) is 13.8. The molecule has 1 N–H and O–H groups in total. The number of benzene rings is 1. The van der Waals surface area contributed by atoms with Gasteiger partial charge in [0.25, 0.3) is 0 Å². The highest BCUT2D eigenvalue weighted by Crippen LogP contribution is 2.21. The molecule has 128 valence electrons. The average Bonchev–Trinajstić information content (AvgIpc) is 2.54. The van der Waals surface area contributed by atoms with Gasteiger partial charge in [-0.25, -0.2) is 8.42 Å². The van der Waals surface area contributed by atoms with E-state index in [-0.39, 0.29) is 0 Å². The minimum atomic E-state index is -3.51. The van der Waals surface area contributed by atoms with Crippen LogP contribution in [0.5, 0.6) is 0 Å². The maximum absolute atomic E-state index is 12.7. The molecule has 1 aliphatic rings. The maximum Gasteiger partial charge on any atom is 0.320 e. The van der Waals surface area contributed by atoms with Crippen molar-refractivity contribution in [3.63, 3.8) is 0 Å². The quantitative estimate of drug-likeness (QED) is 0.881. The van der Waals surface area contributed by atoms with Gasteiger partial charge in [-0.3, -0.25) is 9.69 Å². The van der Waals surface area contributed by atoms with E-state index in [4.69, 9.17) is 5.11 Å². The average molecular weight is 340 g/mol. The fourth-order valence-corrected chi connectivity index (χ4v) is 4.08. The highest BCUT2D eigenvalue weighted by Gasteiger charge is 2.31. The molecule has 0 aliphatic carbocycles. The maximum atomic E-state index is 12.7. The summed E-state index contributed by atoms with van der Waals surface area (Å²) < 4.78 is 26.8. The Morgan fingerprint density at radius 2 is 1.57 bits per heavy atom. The molecule has 1 fully saturated rings. The summed E-state index contributed by atoms with van der Waals surface area (Å²) in [5.41, 5.74) is 1.10. The fourth-order valence-electron chi connectivity index (χ4n) is 2.66. The number of nitrogens with zero attached hydrogens (tertiary/aromatic N) is 2. The van der Waals surface area contributed by atoms with Crippen molar-refractivity contribution in [2.75, 3.05) is 26.2 Å². The lowest BCUT2D eigenvalue weighted by atomic mass is 10.0. The van der Waals surface area contributed by atoms with E-state index < -0.39 is 22.0 Å². The highest BCUT2D eigenvalue weighted by atomic mass is 32.2. The lowest BCUT2D eigenvalue weighted by molar-refractivity contribution is -0.143. The first-order valence-electron chi connectivity index (χ1n) is 7.80. The van der Waals surface area contributed by atoms with Crippen LogP contribution < -0.4 is 0 Å². The molecule has 7 heteroatoms. The number of carboxylic acids is 1. The Bertz CT molecular complexity index is 647. The van der Waals surface area contributed by atoms with Crippen molar-refractivity contribution in [2.24, 2.45) is 0 Å². The molecule has 1 aromatic carbocycles. The minimum absolute atomic E-state index is 0.293. The summed E-state index contributed by atoms with van der Waals surface area (Å²) in [5.74, 6) is -0.529. The molecule has 1 atom stereocenters. The van der Waals surface area contributed by atoms with Gasteiger partial charge in [0.2, 0.25) is 10.0 Å². The van der Waals surface area contributed by atoms with Crippen molar-refractivity contribution in [3.8, 4) is 0 Å². The summed E-state index contributed by atoms with van der Waals surface area (Å²) in [4.78, 5) is 13.1. The SMILES string of the molecule is CC(C)c1ccc(S(=O)(=O)N2CCN([C@@H](C)C(=O)O)CC2)cc1. The second-order valence-electron chi connectivity index (χ2n) is 6.18. The van der Waals surface area contributed by atoms with Crippen LogP contribution in [0.4, 0.5) is 0 Å².